The Balaban J connectivity index is 3.42. The maximum Gasteiger partial charge on any atom is 0.189 e. The summed E-state index contributed by atoms with van der Waals surface area (Å²) in [5.74, 6) is 0. The third-order valence-corrected chi connectivity index (χ3v) is 4.08. The quantitative estimate of drug-likeness (QED) is 0.452. The highest BCUT2D eigenvalue weighted by molar-refractivity contribution is 6.71. The van der Waals surface area contributed by atoms with E-state index in [1.165, 1.54) is 0 Å². The van der Waals surface area contributed by atoms with Crippen molar-refractivity contribution >= 4 is 8.32 Å². The molecule has 0 radical (unpaired) electrons. The lowest BCUT2D eigenvalue weighted by Gasteiger charge is -2.21. The molecule has 74 valence electrons. The first-order valence-corrected chi connectivity index (χ1v) is 7.36. The Morgan fingerprint density at radius 2 is 1.50 bits per heavy atom. The van der Waals surface area contributed by atoms with Crippen molar-refractivity contribution in [1.82, 2.24) is 0 Å². The van der Waals surface area contributed by atoms with Crippen LogP contribution in [0.15, 0.2) is 0 Å². The molecule has 3 nitrogen and oxygen atoms in total. The van der Waals surface area contributed by atoms with E-state index >= 15 is 0 Å². The Morgan fingerprint density at radius 1 is 0.917 bits per heavy atom. The Kier molecular flexibility index (Phi) is 6.65. The average Bonchev–Trinajstić information content (AvgIpc) is 2.01. The lowest BCUT2D eigenvalue weighted by Crippen LogP contribution is -2.32. The van der Waals surface area contributed by atoms with Crippen molar-refractivity contribution in [1.29, 1.82) is 0 Å². The molecule has 0 aliphatic carbocycles. The number of rotatable bonds is 7. The van der Waals surface area contributed by atoms with Crippen LogP contribution in [0.4, 0.5) is 0 Å². The van der Waals surface area contributed by atoms with E-state index in [1.807, 2.05) is 0 Å². The molecule has 0 saturated carbocycles. The Labute approximate surface area is 76.1 Å². The molecular formula is C8H20O3Si. The van der Waals surface area contributed by atoms with E-state index in [1.54, 1.807) is 14.2 Å². The Bertz CT molecular complexity index is 106. The normalized spacial score (nSPS) is 12.0. The van der Waals surface area contributed by atoms with Gasteiger partial charge in [-0.3, -0.25) is 0 Å². The van der Waals surface area contributed by atoms with Crippen LogP contribution in [-0.2, 0) is 13.9 Å². The molecule has 0 N–H and O–H groups in total. The van der Waals surface area contributed by atoms with Crippen molar-refractivity contribution in [2.24, 2.45) is 0 Å². The molecule has 0 amide bonds. The third-order valence-electron chi connectivity index (χ3n) is 1.69. The van der Waals surface area contributed by atoms with Crippen LogP contribution in [0.1, 0.15) is 0 Å². The molecule has 0 aliphatic heterocycles. The fourth-order valence-corrected chi connectivity index (χ4v) is 2.30. The summed E-state index contributed by atoms with van der Waals surface area (Å²) in [7, 11) is 1.94. The maximum atomic E-state index is 5.71. The summed E-state index contributed by atoms with van der Waals surface area (Å²) in [6, 6.07) is 1.05. The van der Waals surface area contributed by atoms with Crippen LogP contribution in [-0.4, -0.2) is 42.4 Å². The third kappa shape index (κ3) is 6.79. The molecule has 0 aromatic carbocycles. The zero-order valence-corrected chi connectivity index (χ0v) is 9.55. The lowest BCUT2D eigenvalue weighted by atomic mass is 10.8. The molecule has 0 rings (SSSR count). The zero-order chi connectivity index (χ0) is 9.45. The van der Waals surface area contributed by atoms with Crippen LogP contribution in [0.3, 0.4) is 0 Å². The summed E-state index contributed by atoms with van der Waals surface area (Å²) in [5, 5.41) is 0. The van der Waals surface area contributed by atoms with Gasteiger partial charge in [-0.1, -0.05) is 0 Å². The SMILES string of the molecule is COCCO[Si](C)(C)CCOC. The first-order valence-electron chi connectivity index (χ1n) is 4.24. The largest absolute Gasteiger partial charge is 0.415 e. The van der Waals surface area contributed by atoms with Gasteiger partial charge in [0.2, 0.25) is 0 Å². The molecule has 0 unspecified atom stereocenters. The molecule has 12 heavy (non-hydrogen) atoms. The van der Waals surface area contributed by atoms with E-state index in [0.717, 1.165) is 12.7 Å². The van der Waals surface area contributed by atoms with Crippen molar-refractivity contribution in [3.8, 4) is 0 Å². The summed E-state index contributed by atoms with van der Waals surface area (Å²) in [6.45, 7) is 6.58. The number of methoxy groups -OCH3 is 2. The van der Waals surface area contributed by atoms with Gasteiger partial charge in [0.25, 0.3) is 0 Å². The number of ether oxygens (including phenoxy) is 2. The van der Waals surface area contributed by atoms with Crippen LogP contribution < -0.4 is 0 Å². The molecule has 0 bridgehead atoms. The molecule has 0 saturated heterocycles. The smallest absolute Gasteiger partial charge is 0.189 e. The highest BCUT2D eigenvalue weighted by Crippen LogP contribution is 2.10. The second-order valence-electron chi connectivity index (χ2n) is 3.34. The summed E-state index contributed by atoms with van der Waals surface area (Å²) < 4.78 is 15.6. The summed E-state index contributed by atoms with van der Waals surface area (Å²) in [6.07, 6.45) is 0. The standard InChI is InChI=1S/C8H20O3Si/c1-9-5-6-11-12(3,4)8-7-10-2/h5-8H2,1-4H3. The Hall–Kier alpha value is 0.0969. The molecule has 0 fully saturated rings. The van der Waals surface area contributed by atoms with Gasteiger partial charge < -0.3 is 13.9 Å². The molecule has 0 heterocycles. The first-order chi connectivity index (χ1) is 5.62. The second kappa shape index (κ2) is 6.60. The van der Waals surface area contributed by atoms with Crippen LogP contribution >= 0.6 is 0 Å². The number of hydrogen-bond donors (Lipinski definition) is 0. The molecule has 0 aromatic rings. The summed E-state index contributed by atoms with van der Waals surface area (Å²) in [4.78, 5) is 0. The van der Waals surface area contributed by atoms with Gasteiger partial charge in [0.15, 0.2) is 8.32 Å². The van der Waals surface area contributed by atoms with Gasteiger partial charge >= 0.3 is 0 Å². The van der Waals surface area contributed by atoms with Gasteiger partial charge in [-0.25, -0.2) is 0 Å². The minimum atomic E-state index is -1.47. The highest BCUT2D eigenvalue weighted by Gasteiger charge is 2.21. The van der Waals surface area contributed by atoms with E-state index in [-0.39, 0.29) is 0 Å². The van der Waals surface area contributed by atoms with Crippen LogP contribution in [0.2, 0.25) is 19.1 Å². The fraction of sp³-hybridized carbons (Fsp3) is 1.00. The maximum absolute atomic E-state index is 5.71. The van der Waals surface area contributed by atoms with Crippen LogP contribution in [0.25, 0.3) is 0 Å². The van der Waals surface area contributed by atoms with Crippen molar-refractivity contribution in [3.63, 3.8) is 0 Å². The monoisotopic (exact) mass is 192 g/mol. The van der Waals surface area contributed by atoms with E-state index in [4.69, 9.17) is 13.9 Å². The van der Waals surface area contributed by atoms with Crippen molar-refractivity contribution in [3.05, 3.63) is 0 Å². The average molecular weight is 192 g/mol. The molecular weight excluding hydrogens is 172 g/mol. The van der Waals surface area contributed by atoms with Gasteiger partial charge in [0.1, 0.15) is 0 Å². The second-order valence-corrected chi connectivity index (χ2v) is 7.65. The highest BCUT2D eigenvalue weighted by atomic mass is 28.4. The molecule has 0 spiro atoms. The Morgan fingerprint density at radius 3 is 2.00 bits per heavy atom. The predicted molar refractivity (Wildman–Crippen MR) is 52.0 cm³/mol. The zero-order valence-electron chi connectivity index (χ0n) is 8.55. The van der Waals surface area contributed by atoms with E-state index in [0.29, 0.717) is 13.2 Å². The van der Waals surface area contributed by atoms with Crippen molar-refractivity contribution < 1.29 is 13.9 Å². The van der Waals surface area contributed by atoms with Crippen molar-refractivity contribution in [2.75, 3.05) is 34.0 Å². The topological polar surface area (TPSA) is 27.7 Å². The van der Waals surface area contributed by atoms with Crippen LogP contribution in [0.5, 0.6) is 0 Å². The van der Waals surface area contributed by atoms with E-state index < -0.39 is 8.32 Å². The van der Waals surface area contributed by atoms with E-state index in [2.05, 4.69) is 13.1 Å². The van der Waals surface area contributed by atoms with Gasteiger partial charge in [0, 0.05) is 20.8 Å². The van der Waals surface area contributed by atoms with Crippen molar-refractivity contribution in [2.45, 2.75) is 19.1 Å². The molecule has 0 atom stereocenters. The van der Waals surface area contributed by atoms with Gasteiger partial charge in [-0.05, 0) is 19.1 Å². The molecule has 4 heteroatoms. The van der Waals surface area contributed by atoms with E-state index in [9.17, 15) is 0 Å². The predicted octanol–water partition coefficient (Wildman–Crippen LogP) is 1.50. The number of hydrogen-bond acceptors (Lipinski definition) is 3. The summed E-state index contributed by atoms with van der Waals surface area (Å²) >= 11 is 0. The first kappa shape index (κ1) is 12.1. The molecule has 0 aliphatic rings. The minimum Gasteiger partial charge on any atom is -0.415 e. The van der Waals surface area contributed by atoms with Crippen LogP contribution in [0, 0.1) is 0 Å². The van der Waals surface area contributed by atoms with Gasteiger partial charge in [0.05, 0.1) is 13.2 Å². The summed E-state index contributed by atoms with van der Waals surface area (Å²) in [5.41, 5.74) is 0. The fourth-order valence-electron chi connectivity index (χ4n) is 0.821. The lowest BCUT2D eigenvalue weighted by molar-refractivity contribution is 0.139. The van der Waals surface area contributed by atoms with Gasteiger partial charge in [-0.15, -0.1) is 0 Å². The minimum absolute atomic E-state index is 0.684. The molecule has 0 aromatic heterocycles. The van der Waals surface area contributed by atoms with Gasteiger partial charge in [-0.2, -0.15) is 0 Å².